The van der Waals surface area contributed by atoms with Gasteiger partial charge in [0.25, 0.3) is 5.56 Å². The average molecular weight is 471 g/mol. The Balaban J connectivity index is 1.53. The molecule has 8 heteroatoms. The second kappa shape index (κ2) is 9.07. The van der Waals surface area contributed by atoms with E-state index in [1.165, 1.54) is 23.9 Å². The number of hydrogen-bond donors (Lipinski definition) is 0. The van der Waals surface area contributed by atoms with Gasteiger partial charge in [-0.2, -0.15) is 9.78 Å². The lowest BCUT2D eigenvalue weighted by atomic mass is 10.1. The van der Waals surface area contributed by atoms with Gasteiger partial charge in [-0.25, -0.2) is 9.78 Å². The van der Waals surface area contributed by atoms with Crippen molar-refractivity contribution < 1.29 is 4.42 Å². The van der Waals surface area contributed by atoms with Crippen molar-refractivity contribution in [3.63, 3.8) is 0 Å². The summed E-state index contributed by atoms with van der Waals surface area (Å²) in [6.07, 6.45) is 2.71. The van der Waals surface area contributed by atoms with E-state index >= 15 is 0 Å². The van der Waals surface area contributed by atoms with Crippen molar-refractivity contribution in [3.05, 3.63) is 92.6 Å². The Bertz CT molecular complexity index is 1630. The van der Waals surface area contributed by atoms with Crippen LogP contribution >= 0.6 is 11.3 Å². The maximum atomic E-state index is 13.2. The molecule has 0 bridgehead atoms. The highest BCUT2D eigenvalue weighted by Gasteiger charge is 2.13. The standard InChI is InChI=1S/C26H22N4O3S/c1-3-29(4-2)20-11-10-18-12-19(26(32)33-22(18)13-20)14-28-30-16-27-24-23(25(30)31)21(15-34-24)17-8-6-5-7-9-17/h5-16H,3-4H2,1-2H3/b28-14-. The molecule has 0 aliphatic carbocycles. The van der Waals surface area contributed by atoms with E-state index in [1.807, 2.05) is 53.9 Å². The summed E-state index contributed by atoms with van der Waals surface area (Å²) in [6, 6.07) is 17.2. The first-order valence-corrected chi connectivity index (χ1v) is 11.9. The summed E-state index contributed by atoms with van der Waals surface area (Å²) >= 11 is 1.41. The summed E-state index contributed by atoms with van der Waals surface area (Å²) in [6.45, 7) is 5.88. The van der Waals surface area contributed by atoms with Crippen LogP contribution in [0.4, 0.5) is 5.69 Å². The minimum atomic E-state index is -0.518. The summed E-state index contributed by atoms with van der Waals surface area (Å²) in [5.41, 5.74) is 2.70. The Hall–Kier alpha value is -4.04. The van der Waals surface area contributed by atoms with E-state index in [0.29, 0.717) is 15.8 Å². The van der Waals surface area contributed by atoms with E-state index in [-0.39, 0.29) is 11.1 Å². The van der Waals surface area contributed by atoms with Gasteiger partial charge in [-0.05, 0) is 37.6 Å². The van der Waals surface area contributed by atoms with E-state index in [1.54, 1.807) is 6.07 Å². The lowest BCUT2D eigenvalue weighted by molar-refractivity contribution is 0.559. The van der Waals surface area contributed by atoms with Crippen LogP contribution in [0.25, 0.3) is 32.3 Å². The van der Waals surface area contributed by atoms with Crippen LogP contribution in [0.3, 0.4) is 0 Å². The van der Waals surface area contributed by atoms with Crippen LogP contribution in [0.5, 0.6) is 0 Å². The summed E-state index contributed by atoms with van der Waals surface area (Å²) in [5, 5.41) is 7.44. The SMILES string of the molecule is CCN(CC)c1ccc2cc(/C=N\n3cnc4scc(-c5ccccc5)c4c3=O)c(=O)oc2c1. The fraction of sp³-hybridized carbons (Fsp3) is 0.154. The van der Waals surface area contributed by atoms with E-state index in [0.717, 1.165) is 40.0 Å². The molecular formula is C26H22N4O3S. The molecule has 3 aromatic heterocycles. The van der Waals surface area contributed by atoms with Crippen LogP contribution in [0.15, 0.2) is 85.4 Å². The summed E-state index contributed by atoms with van der Waals surface area (Å²) in [4.78, 5) is 33.0. The predicted molar refractivity (Wildman–Crippen MR) is 138 cm³/mol. The Labute approximate surface area is 199 Å². The molecule has 3 heterocycles. The van der Waals surface area contributed by atoms with Gasteiger partial charge in [0.05, 0.1) is 17.2 Å². The number of fused-ring (bicyclic) bond motifs is 2. The topological polar surface area (TPSA) is 80.7 Å². The molecule has 170 valence electrons. The lowest BCUT2D eigenvalue weighted by Gasteiger charge is -2.20. The molecule has 5 aromatic rings. The zero-order valence-corrected chi connectivity index (χ0v) is 19.6. The first-order valence-electron chi connectivity index (χ1n) is 11.0. The molecule has 0 aliphatic rings. The number of thiophene rings is 1. The second-order valence-electron chi connectivity index (χ2n) is 7.72. The number of aromatic nitrogens is 2. The monoisotopic (exact) mass is 470 g/mol. The fourth-order valence-corrected chi connectivity index (χ4v) is 4.86. The van der Waals surface area contributed by atoms with Gasteiger partial charge >= 0.3 is 5.63 Å². The Kier molecular flexibility index (Phi) is 5.81. The van der Waals surface area contributed by atoms with E-state index in [9.17, 15) is 9.59 Å². The molecule has 5 rings (SSSR count). The molecule has 0 atom stereocenters. The highest BCUT2D eigenvalue weighted by atomic mass is 32.1. The molecular weight excluding hydrogens is 448 g/mol. The van der Waals surface area contributed by atoms with Gasteiger partial charge in [-0.15, -0.1) is 11.3 Å². The van der Waals surface area contributed by atoms with Gasteiger partial charge in [0.15, 0.2) is 0 Å². The number of benzene rings is 2. The maximum Gasteiger partial charge on any atom is 0.345 e. The molecule has 0 saturated heterocycles. The molecule has 0 fully saturated rings. The Morgan fingerprint density at radius 2 is 1.88 bits per heavy atom. The molecule has 34 heavy (non-hydrogen) atoms. The largest absolute Gasteiger partial charge is 0.422 e. The molecule has 0 unspecified atom stereocenters. The van der Waals surface area contributed by atoms with Gasteiger partial charge < -0.3 is 9.32 Å². The van der Waals surface area contributed by atoms with E-state index < -0.39 is 5.63 Å². The van der Waals surface area contributed by atoms with Crippen LogP contribution in [0, 0.1) is 0 Å². The quantitative estimate of drug-likeness (QED) is 0.259. The van der Waals surface area contributed by atoms with Crippen molar-refractivity contribution in [2.24, 2.45) is 5.10 Å². The normalized spacial score (nSPS) is 11.6. The first-order chi connectivity index (χ1) is 16.6. The van der Waals surface area contributed by atoms with Crippen LogP contribution in [0.2, 0.25) is 0 Å². The third-order valence-electron chi connectivity index (χ3n) is 5.76. The summed E-state index contributed by atoms with van der Waals surface area (Å²) in [5.74, 6) is 0. The molecule has 0 saturated carbocycles. The smallest absolute Gasteiger partial charge is 0.345 e. The fourth-order valence-electron chi connectivity index (χ4n) is 3.95. The predicted octanol–water partition coefficient (Wildman–Crippen LogP) is 4.96. The first kappa shape index (κ1) is 21.8. The molecule has 0 radical (unpaired) electrons. The third kappa shape index (κ3) is 3.92. The second-order valence-corrected chi connectivity index (χ2v) is 8.58. The van der Waals surface area contributed by atoms with Gasteiger partial charge in [0.1, 0.15) is 16.7 Å². The van der Waals surface area contributed by atoms with E-state index in [2.05, 4.69) is 28.8 Å². The molecule has 0 spiro atoms. The van der Waals surface area contributed by atoms with Gasteiger partial charge in [0.2, 0.25) is 0 Å². The molecule has 0 aliphatic heterocycles. The highest BCUT2D eigenvalue weighted by Crippen LogP contribution is 2.30. The molecule has 7 nitrogen and oxygen atoms in total. The van der Waals surface area contributed by atoms with Gasteiger partial charge in [0, 0.05) is 41.2 Å². The van der Waals surface area contributed by atoms with Crippen molar-refractivity contribution in [1.82, 2.24) is 9.66 Å². The Morgan fingerprint density at radius 1 is 1.09 bits per heavy atom. The maximum absolute atomic E-state index is 13.2. The molecule has 0 amide bonds. The molecule has 2 aromatic carbocycles. The van der Waals surface area contributed by atoms with Gasteiger partial charge in [-0.3, -0.25) is 4.79 Å². The minimum absolute atomic E-state index is 0.253. The number of nitrogens with zero attached hydrogens (tertiary/aromatic N) is 4. The summed E-state index contributed by atoms with van der Waals surface area (Å²) < 4.78 is 6.70. The highest BCUT2D eigenvalue weighted by molar-refractivity contribution is 7.17. The van der Waals surface area contributed by atoms with Crippen LogP contribution in [0.1, 0.15) is 19.4 Å². The van der Waals surface area contributed by atoms with Crippen molar-refractivity contribution in [1.29, 1.82) is 0 Å². The van der Waals surface area contributed by atoms with Crippen LogP contribution < -0.4 is 16.1 Å². The van der Waals surface area contributed by atoms with E-state index in [4.69, 9.17) is 4.42 Å². The van der Waals surface area contributed by atoms with Crippen LogP contribution in [-0.4, -0.2) is 29.0 Å². The zero-order chi connectivity index (χ0) is 23.7. The van der Waals surface area contributed by atoms with Crippen molar-refractivity contribution in [3.8, 4) is 11.1 Å². The Morgan fingerprint density at radius 3 is 2.65 bits per heavy atom. The van der Waals surface area contributed by atoms with Crippen molar-refractivity contribution in [2.75, 3.05) is 18.0 Å². The lowest BCUT2D eigenvalue weighted by Crippen LogP contribution is -2.21. The number of rotatable bonds is 6. The zero-order valence-electron chi connectivity index (χ0n) is 18.8. The van der Waals surface area contributed by atoms with Crippen LogP contribution in [-0.2, 0) is 0 Å². The molecule has 0 N–H and O–H groups in total. The van der Waals surface area contributed by atoms with Gasteiger partial charge in [-0.1, -0.05) is 30.3 Å². The minimum Gasteiger partial charge on any atom is -0.422 e. The van der Waals surface area contributed by atoms with Crippen molar-refractivity contribution >= 4 is 44.4 Å². The average Bonchev–Trinajstić information content (AvgIpc) is 3.30. The summed E-state index contributed by atoms with van der Waals surface area (Å²) in [7, 11) is 0. The number of hydrogen-bond acceptors (Lipinski definition) is 7. The van der Waals surface area contributed by atoms with Crippen molar-refractivity contribution in [2.45, 2.75) is 13.8 Å². The third-order valence-corrected chi connectivity index (χ3v) is 6.65. The number of anilines is 1.